The molecule has 2 rings (SSSR count). The number of hydrogen-bond acceptors (Lipinski definition) is 3. The number of guanidine groups is 1. The minimum absolute atomic E-state index is 0. The zero-order chi connectivity index (χ0) is 15.8. The van der Waals surface area contributed by atoms with Crippen LogP contribution in [-0.2, 0) is 6.42 Å². The highest BCUT2D eigenvalue weighted by Crippen LogP contribution is 2.38. The van der Waals surface area contributed by atoms with E-state index in [1.807, 2.05) is 19.1 Å². The molecule has 0 saturated heterocycles. The van der Waals surface area contributed by atoms with Crippen molar-refractivity contribution in [1.29, 1.82) is 0 Å². The topological polar surface area (TPSA) is 54.9 Å². The monoisotopic (exact) mass is 449 g/mol. The molecule has 126 valence electrons. The van der Waals surface area contributed by atoms with Gasteiger partial charge in [-0.05, 0) is 31.0 Å². The molecule has 0 unspecified atom stereocenters. The van der Waals surface area contributed by atoms with Gasteiger partial charge in [0.25, 0.3) is 0 Å². The molecule has 0 amide bonds. The predicted octanol–water partition coefficient (Wildman–Crippen LogP) is 2.46. The number of fused-ring (bicyclic) bond motifs is 1. The molecule has 0 fully saturated rings. The van der Waals surface area contributed by atoms with Gasteiger partial charge in [0.1, 0.15) is 13.2 Å². The van der Waals surface area contributed by atoms with Crippen LogP contribution in [-0.4, -0.2) is 38.8 Å². The van der Waals surface area contributed by atoms with Crippen LogP contribution in [0.2, 0.25) is 5.02 Å². The SMILES string of the molecule is C#CCNC(=NCCc1cc(Cl)c2c(c1)OCCO2)NCC.I. The molecule has 1 aromatic rings. The Morgan fingerprint density at radius 2 is 2.13 bits per heavy atom. The number of terminal acetylenes is 1. The summed E-state index contributed by atoms with van der Waals surface area (Å²) in [5.41, 5.74) is 1.06. The normalized spacial score (nSPS) is 12.8. The van der Waals surface area contributed by atoms with Crippen molar-refractivity contribution in [2.45, 2.75) is 13.3 Å². The van der Waals surface area contributed by atoms with Gasteiger partial charge in [-0.2, -0.15) is 0 Å². The van der Waals surface area contributed by atoms with Gasteiger partial charge in [0.15, 0.2) is 17.5 Å². The number of rotatable bonds is 5. The molecular weight excluding hydrogens is 429 g/mol. The third-order valence-electron chi connectivity index (χ3n) is 3.03. The molecule has 1 heterocycles. The molecule has 0 spiro atoms. The zero-order valence-corrected chi connectivity index (χ0v) is 16.1. The Hall–Kier alpha value is -1.33. The van der Waals surface area contributed by atoms with Gasteiger partial charge in [-0.3, -0.25) is 4.99 Å². The summed E-state index contributed by atoms with van der Waals surface area (Å²) in [6, 6.07) is 3.85. The molecule has 0 saturated carbocycles. The minimum Gasteiger partial charge on any atom is -0.486 e. The molecule has 0 aromatic heterocycles. The molecule has 2 N–H and O–H groups in total. The van der Waals surface area contributed by atoms with E-state index in [4.69, 9.17) is 27.5 Å². The van der Waals surface area contributed by atoms with E-state index in [-0.39, 0.29) is 24.0 Å². The fourth-order valence-electron chi connectivity index (χ4n) is 2.08. The van der Waals surface area contributed by atoms with Gasteiger partial charge in [0, 0.05) is 13.1 Å². The minimum atomic E-state index is 0. The van der Waals surface area contributed by atoms with E-state index in [9.17, 15) is 0 Å². The van der Waals surface area contributed by atoms with E-state index in [0.717, 1.165) is 18.5 Å². The van der Waals surface area contributed by atoms with Gasteiger partial charge in [-0.1, -0.05) is 17.5 Å². The molecule has 7 heteroatoms. The van der Waals surface area contributed by atoms with Crippen LogP contribution in [0.1, 0.15) is 12.5 Å². The number of nitrogens with zero attached hydrogens (tertiary/aromatic N) is 1. The second kappa shape index (κ2) is 10.4. The van der Waals surface area contributed by atoms with Crippen molar-refractivity contribution in [3.63, 3.8) is 0 Å². The molecule has 0 atom stereocenters. The van der Waals surface area contributed by atoms with E-state index in [1.165, 1.54) is 0 Å². The smallest absolute Gasteiger partial charge is 0.192 e. The maximum Gasteiger partial charge on any atom is 0.192 e. The van der Waals surface area contributed by atoms with E-state index in [0.29, 0.717) is 48.8 Å². The number of ether oxygens (including phenoxy) is 2. The van der Waals surface area contributed by atoms with Crippen LogP contribution in [0.4, 0.5) is 0 Å². The Kier molecular flexibility index (Phi) is 8.95. The van der Waals surface area contributed by atoms with Crippen molar-refractivity contribution in [2.24, 2.45) is 4.99 Å². The van der Waals surface area contributed by atoms with Crippen LogP contribution in [0.3, 0.4) is 0 Å². The van der Waals surface area contributed by atoms with Crippen molar-refractivity contribution >= 4 is 41.5 Å². The molecule has 0 bridgehead atoms. The summed E-state index contributed by atoms with van der Waals surface area (Å²) in [7, 11) is 0. The summed E-state index contributed by atoms with van der Waals surface area (Å²) in [6.45, 7) is 4.94. The second-order valence-electron chi connectivity index (χ2n) is 4.67. The Labute approximate surface area is 159 Å². The van der Waals surface area contributed by atoms with E-state index >= 15 is 0 Å². The van der Waals surface area contributed by atoms with Gasteiger partial charge < -0.3 is 20.1 Å². The lowest BCUT2D eigenvalue weighted by Gasteiger charge is -2.20. The molecule has 5 nitrogen and oxygen atoms in total. The van der Waals surface area contributed by atoms with Crippen molar-refractivity contribution in [2.75, 3.05) is 32.8 Å². The predicted molar refractivity (Wildman–Crippen MR) is 104 cm³/mol. The van der Waals surface area contributed by atoms with E-state index < -0.39 is 0 Å². The largest absolute Gasteiger partial charge is 0.486 e. The average molecular weight is 450 g/mol. The Bertz CT molecular complexity index is 587. The van der Waals surface area contributed by atoms with Crippen LogP contribution in [0.15, 0.2) is 17.1 Å². The molecule has 1 aliphatic rings. The lowest BCUT2D eigenvalue weighted by Crippen LogP contribution is -2.37. The van der Waals surface area contributed by atoms with Crippen LogP contribution in [0, 0.1) is 12.3 Å². The first-order chi connectivity index (χ1) is 10.7. The molecule has 0 aliphatic carbocycles. The highest BCUT2D eigenvalue weighted by atomic mass is 127. The molecular formula is C16H21ClIN3O2. The lowest BCUT2D eigenvalue weighted by atomic mass is 10.1. The van der Waals surface area contributed by atoms with Crippen LogP contribution in [0.5, 0.6) is 11.5 Å². The first-order valence-electron chi connectivity index (χ1n) is 7.28. The van der Waals surface area contributed by atoms with Crippen molar-refractivity contribution < 1.29 is 9.47 Å². The third kappa shape index (κ3) is 5.99. The number of aliphatic imine (C=N–C) groups is 1. The number of benzene rings is 1. The maximum atomic E-state index is 6.22. The first kappa shape index (κ1) is 19.7. The number of halogens is 2. The van der Waals surface area contributed by atoms with Gasteiger partial charge in [-0.25, -0.2) is 0 Å². The number of nitrogens with one attached hydrogen (secondary N) is 2. The third-order valence-corrected chi connectivity index (χ3v) is 3.31. The highest BCUT2D eigenvalue weighted by molar-refractivity contribution is 14.0. The van der Waals surface area contributed by atoms with E-state index in [2.05, 4.69) is 21.5 Å². The summed E-state index contributed by atoms with van der Waals surface area (Å²) < 4.78 is 11.1. The number of hydrogen-bond donors (Lipinski definition) is 2. The average Bonchev–Trinajstić information content (AvgIpc) is 2.52. The van der Waals surface area contributed by atoms with Gasteiger partial charge >= 0.3 is 0 Å². The highest BCUT2D eigenvalue weighted by Gasteiger charge is 2.16. The summed E-state index contributed by atoms with van der Waals surface area (Å²) >= 11 is 6.22. The first-order valence-corrected chi connectivity index (χ1v) is 7.66. The Morgan fingerprint density at radius 3 is 2.87 bits per heavy atom. The van der Waals surface area contributed by atoms with E-state index in [1.54, 1.807) is 0 Å². The fraction of sp³-hybridized carbons (Fsp3) is 0.438. The van der Waals surface area contributed by atoms with Crippen LogP contribution >= 0.6 is 35.6 Å². The van der Waals surface area contributed by atoms with Crippen molar-refractivity contribution in [3.8, 4) is 23.8 Å². The summed E-state index contributed by atoms with van der Waals surface area (Å²) in [5.74, 6) is 4.57. The summed E-state index contributed by atoms with van der Waals surface area (Å²) in [5, 5.41) is 6.76. The molecule has 23 heavy (non-hydrogen) atoms. The maximum absolute atomic E-state index is 6.22. The Balaban J connectivity index is 0.00000264. The molecule has 1 aromatic carbocycles. The molecule has 0 radical (unpaired) electrons. The zero-order valence-electron chi connectivity index (χ0n) is 13.0. The quantitative estimate of drug-likeness (QED) is 0.314. The Morgan fingerprint density at radius 1 is 1.35 bits per heavy atom. The van der Waals surface area contributed by atoms with Gasteiger partial charge in [-0.15, -0.1) is 30.4 Å². The fourth-order valence-corrected chi connectivity index (χ4v) is 2.37. The van der Waals surface area contributed by atoms with Crippen molar-refractivity contribution in [1.82, 2.24) is 10.6 Å². The van der Waals surface area contributed by atoms with Crippen LogP contribution < -0.4 is 20.1 Å². The molecule has 1 aliphatic heterocycles. The van der Waals surface area contributed by atoms with Gasteiger partial charge in [0.05, 0.1) is 11.6 Å². The van der Waals surface area contributed by atoms with Crippen molar-refractivity contribution in [3.05, 3.63) is 22.7 Å². The van der Waals surface area contributed by atoms with Crippen LogP contribution in [0.25, 0.3) is 0 Å². The standard InChI is InChI=1S/C16H20ClN3O2.HI/c1-3-6-19-16(18-4-2)20-7-5-12-10-13(17)15-14(11-12)21-8-9-22-15;/h1,10-11H,4-9H2,2H3,(H2,18,19,20);1H. The lowest BCUT2D eigenvalue weighted by molar-refractivity contribution is 0.171. The summed E-state index contributed by atoms with van der Waals surface area (Å²) in [4.78, 5) is 4.47. The van der Waals surface area contributed by atoms with Gasteiger partial charge in [0.2, 0.25) is 0 Å². The summed E-state index contributed by atoms with van der Waals surface area (Å²) in [6.07, 6.45) is 5.99. The second-order valence-corrected chi connectivity index (χ2v) is 5.08.